The molecule has 1 N–H and O–H groups in total. The van der Waals surface area contributed by atoms with E-state index in [0.29, 0.717) is 17.0 Å². The van der Waals surface area contributed by atoms with Gasteiger partial charge in [0.15, 0.2) is 0 Å². The highest BCUT2D eigenvalue weighted by molar-refractivity contribution is 9.10. The fraction of sp³-hybridized carbons (Fsp3) is 0.250. The Morgan fingerprint density at radius 1 is 1.25 bits per heavy atom. The third kappa shape index (κ3) is 3.40. The summed E-state index contributed by atoms with van der Waals surface area (Å²) in [6.45, 7) is 1.90. The molecule has 0 spiro atoms. The fourth-order valence-electron chi connectivity index (χ4n) is 2.20. The lowest BCUT2D eigenvalue weighted by Crippen LogP contribution is -2.27. The molecule has 0 saturated carbocycles. The minimum absolute atomic E-state index is 0.274. The van der Waals surface area contributed by atoms with E-state index < -0.39 is 5.60 Å². The molecule has 0 aliphatic rings. The molecule has 20 heavy (non-hydrogen) atoms. The highest BCUT2D eigenvalue weighted by Gasteiger charge is 2.28. The first-order chi connectivity index (χ1) is 9.44. The normalized spacial score (nSPS) is 14.1. The maximum Gasteiger partial charge on any atom is 0.123 e. The molecule has 106 valence electrons. The fourth-order valence-corrected chi connectivity index (χ4v) is 2.79. The smallest absolute Gasteiger partial charge is 0.123 e. The first kappa shape index (κ1) is 15.5. The summed E-state index contributed by atoms with van der Waals surface area (Å²) in [6.07, 6.45) is 0.785. The molecule has 2 aromatic carbocycles. The van der Waals surface area contributed by atoms with E-state index in [1.165, 1.54) is 18.2 Å². The number of aliphatic hydroxyl groups is 1. The number of hydrogen-bond acceptors (Lipinski definition) is 1. The van der Waals surface area contributed by atoms with E-state index in [1.807, 2.05) is 31.2 Å². The van der Waals surface area contributed by atoms with Crippen LogP contribution in [0.4, 0.5) is 4.39 Å². The molecule has 0 aromatic heterocycles. The van der Waals surface area contributed by atoms with Crippen molar-refractivity contribution in [1.82, 2.24) is 0 Å². The monoisotopic (exact) mass is 356 g/mol. The van der Waals surface area contributed by atoms with Gasteiger partial charge < -0.3 is 5.11 Å². The molecule has 1 unspecified atom stereocenters. The van der Waals surface area contributed by atoms with Crippen LogP contribution >= 0.6 is 27.5 Å². The van der Waals surface area contributed by atoms with Crippen LogP contribution in [0.2, 0.25) is 5.02 Å². The zero-order chi connectivity index (χ0) is 14.8. The van der Waals surface area contributed by atoms with Gasteiger partial charge in [-0.25, -0.2) is 4.39 Å². The van der Waals surface area contributed by atoms with E-state index >= 15 is 0 Å². The molecule has 0 aliphatic carbocycles. The van der Waals surface area contributed by atoms with Gasteiger partial charge in [-0.15, -0.1) is 0 Å². The molecule has 2 rings (SSSR count). The van der Waals surface area contributed by atoms with Crippen LogP contribution in [0, 0.1) is 5.82 Å². The SMILES string of the molecule is CCC(O)(Cc1cc(F)ccc1Cl)c1cccc(Br)c1. The number of halogens is 3. The second kappa shape index (κ2) is 6.25. The standard InChI is InChI=1S/C16H15BrClFO/c1-2-16(20,12-4-3-5-13(17)9-12)10-11-8-14(19)6-7-15(11)18/h3-9,20H,2,10H2,1H3. The van der Waals surface area contributed by atoms with Gasteiger partial charge in [-0.2, -0.15) is 0 Å². The molecule has 0 saturated heterocycles. The summed E-state index contributed by atoms with van der Waals surface area (Å²) in [7, 11) is 0. The Balaban J connectivity index is 2.39. The van der Waals surface area contributed by atoms with Gasteiger partial charge in [-0.05, 0) is 47.9 Å². The lowest BCUT2D eigenvalue weighted by atomic mass is 9.85. The second-order valence-corrected chi connectivity index (χ2v) is 6.13. The summed E-state index contributed by atoms with van der Waals surface area (Å²) in [6, 6.07) is 11.7. The van der Waals surface area contributed by atoms with Crippen LogP contribution in [-0.4, -0.2) is 5.11 Å². The van der Waals surface area contributed by atoms with Gasteiger partial charge in [-0.1, -0.05) is 46.6 Å². The third-order valence-electron chi connectivity index (χ3n) is 3.44. The quantitative estimate of drug-likeness (QED) is 0.809. The van der Waals surface area contributed by atoms with Gasteiger partial charge in [0, 0.05) is 15.9 Å². The Labute approximate surface area is 131 Å². The Morgan fingerprint density at radius 2 is 2.00 bits per heavy atom. The number of hydrogen-bond donors (Lipinski definition) is 1. The van der Waals surface area contributed by atoms with E-state index in [9.17, 15) is 9.50 Å². The molecule has 1 nitrogen and oxygen atoms in total. The third-order valence-corrected chi connectivity index (χ3v) is 4.30. The molecule has 1 atom stereocenters. The van der Waals surface area contributed by atoms with Crippen molar-refractivity contribution in [2.75, 3.05) is 0 Å². The molecule has 4 heteroatoms. The van der Waals surface area contributed by atoms with Crippen molar-refractivity contribution in [3.05, 3.63) is 68.9 Å². The molecular weight excluding hydrogens is 343 g/mol. The topological polar surface area (TPSA) is 20.2 Å². The lowest BCUT2D eigenvalue weighted by molar-refractivity contribution is 0.0326. The average Bonchev–Trinajstić information content (AvgIpc) is 2.43. The summed E-state index contributed by atoms with van der Waals surface area (Å²) < 4.78 is 14.2. The zero-order valence-electron chi connectivity index (χ0n) is 11.0. The predicted molar refractivity (Wildman–Crippen MR) is 83.4 cm³/mol. The van der Waals surface area contributed by atoms with Crippen LogP contribution in [0.15, 0.2) is 46.9 Å². The van der Waals surface area contributed by atoms with Gasteiger partial charge in [0.05, 0.1) is 5.60 Å². The second-order valence-electron chi connectivity index (χ2n) is 4.81. The average molecular weight is 358 g/mol. The van der Waals surface area contributed by atoms with Crippen LogP contribution in [0.25, 0.3) is 0 Å². The Bertz CT molecular complexity index is 617. The van der Waals surface area contributed by atoms with Crippen LogP contribution in [0.1, 0.15) is 24.5 Å². The highest BCUT2D eigenvalue weighted by atomic mass is 79.9. The van der Waals surface area contributed by atoms with Crippen LogP contribution in [0.5, 0.6) is 0 Å². The van der Waals surface area contributed by atoms with E-state index in [0.717, 1.165) is 10.0 Å². The van der Waals surface area contributed by atoms with Crippen LogP contribution in [0.3, 0.4) is 0 Å². The van der Waals surface area contributed by atoms with E-state index in [4.69, 9.17) is 11.6 Å². The lowest BCUT2D eigenvalue weighted by Gasteiger charge is -2.28. The Kier molecular flexibility index (Phi) is 4.84. The minimum atomic E-state index is -1.07. The summed E-state index contributed by atoms with van der Waals surface area (Å²) in [5.41, 5.74) is 0.326. The number of benzene rings is 2. The van der Waals surface area contributed by atoms with Gasteiger partial charge in [0.25, 0.3) is 0 Å². The Hall–Kier alpha value is -0.900. The van der Waals surface area contributed by atoms with Crippen molar-refractivity contribution < 1.29 is 9.50 Å². The minimum Gasteiger partial charge on any atom is -0.385 e. The van der Waals surface area contributed by atoms with Crippen molar-refractivity contribution in [1.29, 1.82) is 0 Å². The highest BCUT2D eigenvalue weighted by Crippen LogP contribution is 2.33. The van der Waals surface area contributed by atoms with Crippen molar-refractivity contribution in [2.45, 2.75) is 25.4 Å². The van der Waals surface area contributed by atoms with E-state index in [-0.39, 0.29) is 12.2 Å². The summed E-state index contributed by atoms with van der Waals surface area (Å²) in [4.78, 5) is 0. The van der Waals surface area contributed by atoms with Gasteiger partial charge in [0.2, 0.25) is 0 Å². The molecule has 2 aromatic rings. The van der Waals surface area contributed by atoms with Gasteiger partial charge in [0.1, 0.15) is 5.82 Å². The molecule has 0 heterocycles. The zero-order valence-corrected chi connectivity index (χ0v) is 13.4. The molecule has 0 fully saturated rings. The van der Waals surface area contributed by atoms with Crippen LogP contribution in [-0.2, 0) is 12.0 Å². The van der Waals surface area contributed by atoms with E-state index in [2.05, 4.69) is 15.9 Å². The van der Waals surface area contributed by atoms with Crippen molar-refractivity contribution >= 4 is 27.5 Å². The molecule has 0 radical (unpaired) electrons. The summed E-state index contributed by atoms with van der Waals surface area (Å²) >= 11 is 9.49. The predicted octanol–water partition coefficient (Wildman–Crippen LogP) is 5.08. The molecule has 0 amide bonds. The van der Waals surface area contributed by atoms with Crippen molar-refractivity contribution in [2.24, 2.45) is 0 Å². The van der Waals surface area contributed by atoms with Gasteiger partial charge >= 0.3 is 0 Å². The van der Waals surface area contributed by atoms with Crippen molar-refractivity contribution in [3.63, 3.8) is 0 Å². The molecule has 0 bridgehead atoms. The largest absolute Gasteiger partial charge is 0.385 e. The maximum atomic E-state index is 13.3. The van der Waals surface area contributed by atoms with Crippen molar-refractivity contribution in [3.8, 4) is 0 Å². The first-order valence-electron chi connectivity index (χ1n) is 6.37. The first-order valence-corrected chi connectivity index (χ1v) is 7.54. The van der Waals surface area contributed by atoms with E-state index in [1.54, 1.807) is 0 Å². The maximum absolute atomic E-state index is 13.3. The van der Waals surface area contributed by atoms with Crippen LogP contribution < -0.4 is 0 Å². The Morgan fingerprint density at radius 3 is 2.65 bits per heavy atom. The molecule has 0 aliphatic heterocycles. The summed E-state index contributed by atoms with van der Waals surface area (Å²) in [5, 5.41) is 11.3. The number of rotatable bonds is 4. The van der Waals surface area contributed by atoms with Gasteiger partial charge in [-0.3, -0.25) is 0 Å². The molecular formula is C16H15BrClFO. The summed E-state index contributed by atoms with van der Waals surface area (Å²) in [5.74, 6) is -0.350.